The second kappa shape index (κ2) is 11.6. The van der Waals surface area contributed by atoms with Crippen molar-refractivity contribution in [2.75, 3.05) is 13.7 Å². The van der Waals surface area contributed by atoms with E-state index in [1.54, 1.807) is 13.0 Å². The minimum atomic E-state index is -1.39. The van der Waals surface area contributed by atoms with E-state index in [4.69, 9.17) is 28.4 Å². The molecular formula is C34H44O12. The minimum Gasteiger partial charge on any atom is -0.493 e. The molecule has 6 aliphatic rings. The van der Waals surface area contributed by atoms with Crippen LogP contribution in [0.1, 0.15) is 73.1 Å². The van der Waals surface area contributed by atoms with Gasteiger partial charge in [0.1, 0.15) is 12.7 Å². The fourth-order valence-electron chi connectivity index (χ4n) is 10.1. The van der Waals surface area contributed by atoms with E-state index in [9.17, 15) is 29.1 Å². The summed E-state index contributed by atoms with van der Waals surface area (Å²) in [4.78, 5) is 64.8. The highest BCUT2D eigenvalue weighted by atomic mass is 16.7. The smallest absolute Gasteiger partial charge is 0.331 e. The maximum Gasteiger partial charge on any atom is 0.331 e. The zero-order valence-electron chi connectivity index (χ0n) is 27.2. The van der Waals surface area contributed by atoms with Crippen LogP contribution in [0.4, 0.5) is 0 Å². The molecule has 0 amide bonds. The number of rotatable bonds is 6. The van der Waals surface area contributed by atoms with Gasteiger partial charge < -0.3 is 33.5 Å². The van der Waals surface area contributed by atoms with Crippen LogP contribution in [-0.4, -0.2) is 84.6 Å². The normalized spacial score (nSPS) is 45.0. The lowest BCUT2D eigenvalue weighted by molar-refractivity contribution is -0.256. The van der Waals surface area contributed by atoms with Gasteiger partial charge >= 0.3 is 17.9 Å². The van der Waals surface area contributed by atoms with Crippen LogP contribution in [0.15, 0.2) is 23.5 Å². The Hall–Kier alpha value is -3.09. The second-order valence-corrected chi connectivity index (χ2v) is 14.4. The Labute approximate surface area is 268 Å². The van der Waals surface area contributed by atoms with Gasteiger partial charge in [-0.25, -0.2) is 4.79 Å². The minimum absolute atomic E-state index is 0.0726. The highest BCUT2D eigenvalue weighted by Gasteiger charge is 2.75. The van der Waals surface area contributed by atoms with Crippen LogP contribution in [-0.2, 0) is 52.4 Å². The Bertz CT molecular complexity index is 1400. The third kappa shape index (κ3) is 4.93. The topological polar surface area (TPSA) is 161 Å². The number of carbonyl (C=O) groups excluding carboxylic acids is 5. The number of aliphatic hydroxyl groups is 1. The second-order valence-electron chi connectivity index (χ2n) is 14.4. The number of cyclic esters (lactones) is 1. The number of Topliss-reactive ketones (excluding diaryl/α,β-unsaturated/α-hetero) is 2. The molecular weight excluding hydrogens is 600 g/mol. The summed E-state index contributed by atoms with van der Waals surface area (Å²) in [7, 11) is 1.40. The lowest BCUT2D eigenvalue weighted by Crippen LogP contribution is -2.72. The number of hydrogen-bond donors (Lipinski definition) is 1. The van der Waals surface area contributed by atoms with Crippen molar-refractivity contribution in [1.29, 1.82) is 0 Å². The molecule has 0 spiro atoms. The van der Waals surface area contributed by atoms with Crippen molar-refractivity contribution in [2.45, 2.75) is 109 Å². The first-order valence-electron chi connectivity index (χ1n) is 16.2. The zero-order chi connectivity index (χ0) is 33.3. The average Bonchev–Trinajstić information content (AvgIpc) is 3.52. The number of esters is 3. The summed E-state index contributed by atoms with van der Waals surface area (Å²) in [5, 5.41) is 12.8. The molecule has 6 rings (SSSR count). The summed E-state index contributed by atoms with van der Waals surface area (Å²) in [6.45, 7) is 8.18. The quantitative estimate of drug-likeness (QED) is 0.333. The summed E-state index contributed by atoms with van der Waals surface area (Å²) >= 11 is 0. The van der Waals surface area contributed by atoms with E-state index >= 15 is 0 Å². The van der Waals surface area contributed by atoms with E-state index < -0.39 is 88.6 Å². The van der Waals surface area contributed by atoms with Crippen LogP contribution in [0.3, 0.4) is 0 Å². The standard InChI is InChI=1S/C34H44O12/c1-16-11-24(41-6)28(38)31(43-16)46-23-13-20-7-8-22-27(32(20,4)14-25(23)44-17(2)35)29(39)30(45-18(3)36)33(5)21(9-10-34(22,33)40)19-12-26(37)42-15-19/h11-12,16,20-23,25,27,30-31,40H,7-10,13-15H2,1-6H3/t16-,20-,21-,22-,23-,25-,27-,30-,31+,32+,33+,34+/m1/s1. The van der Waals surface area contributed by atoms with Gasteiger partial charge in [0.15, 0.2) is 17.6 Å². The molecule has 46 heavy (non-hydrogen) atoms. The Morgan fingerprint density at radius 3 is 2.37 bits per heavy atom. The molecule has 4 aliphatic carbocycles. The number of carbonyl (C=O) groups is 5. The number of methoxy groups -OCH3 is 1. The first-order chi connectivity index (χ1) is 21.6. The SMILES string of the molecule is COC1=C[C@@H](C)O[C@@H](O[C@@H]2C[C@H]3CC[C@@H]4[C@H](C(=O)[C@@H](OC(C)=O)[C@]5(C)[C@@H](C6=CC(=O)OC6)CC[C@]45O)[C@@]3(C)C[C@H]2OC(C)=O)C1=O. The molecule has 2 aliphatic heterocycles. The molecule has 2 heterocycles. The summed E-state index contributed by atoms with van der Waals surface area (Å²) in [6.07, 6.45) is 1.20. The number of ether oxygens (including phenoxy) is 6. The molecule has 1 N–H and O–H groups in total. The average molecular weight is 645 g/mol. The van der Waals surface area contributed by atoms with E-state index in [1.165, 1.54) is 27.0 Å². The van der Waals surface area contributed by atoms with Crippen molar-refractivity contribution in [1.82, 2.24) is 0 Å². The summed E-state index contributed by atoms with van der Waals surface area (Å²) in [5.74, 6) is -3.91. The first kappa shape index (κ1) is 32.8. The highest BCUT2D eigenvalue weighted by Crippen LogP contribution is 2.69. The third-order valence-corrected chi connectivity index (χ3v) is 12.1. The molecule has 0 bridgehead atoms. The van der Waals surface area contributed by atoms with Crippen molar-refractivity contribution in [2.24, 2.45) is 34.5 Å². The van der Waals surface area contributed by atoms with Gasteiger partial charge in [0.05, 0.1) is 24.9 Å². The molecule has 4 fully saturated rings. The van der Waals surface area contributed by atoms with Gasteiger partial charge in [0, 0.05) is 31.3 Å². The van der Waals surface area contributed by atoms with E-state index in [0.717, 1.165) is 0 Å². The van der Waals surface area contributed by atoms with Crippen molar-refractivity contribution in [3.63, 3.8) is 0 Å². The molecule has 0 aromatic rings. The van der Waals surface area contributed by atoms with Crippen LogP contribution < -0.4 is 0 Å². The van der Waals surface area contributed by atoms with E-state index in [-0.39, 0.29) is 30.5 Å². The highest BCUT2D eigenvalue weighted by molar-refractivity contribution is 5.97. The number of hydrogen-bond acceptors (Lipinski definition) is 12. The van der Waals surface area contributed by atoms with Crippen molar-refractivity contribution in [3.8, 4) is 0 Å². The van der Waals surface area contributed by atoms with Gasteiger partial charge in [-0.3, -0.25) is 19.2 Å². The van der Waals surface area contributed by atoms with Gasteiger partial charge in [0.25, 0.3) is 5.78 Å². The Kier molecular flexibility index (Phi) is 8.25. The van der Waals surface area contributed by atoms with Crippen molar-refractivity contribution in [3.05, 3.63) is 23.5 Å². The lowest BCUT2D eigenvalue weighted by Gasteiger charge is -2.64. The molecule has 12 heteroatoms. The van der Waals surface area contributed by atoms with Gasteiger partial charge in [-0.05, 0) is 80.3 Å². The largest absolute Gasteiger partial charge is 0.493 e. The van der Waals surface area contributed by atoms with E-state index in [0.29, 0.717) is 37.7 Å². The van der Waals surface area contributed by atoms with E-state index in [1.807, 2.05) is 13.8 Å². The van der Waals surface area contributed by atoms with E-state index in [2.05, 4.69) is 0 Å². The Balaban J connectivity index is 1.35. The predicted octanol–water partition coefficient (Wildman–Crippen LogP) is 2.73. The molecule has 0 unspecified atom stereocenters. The molecule has 0 aromatic heterocycles. The zero-order valence-corrected chi connectivity index (χ0v) is 27.2. The Morgan fingerprint density at radius 1 is 1.02 bits per heavy atom. The van der Waals surface area contributed by atoms with Gasteiger partial charge in [0.2, 0.25) is 6.29 Å². The monoisotopic (exact) mass is 644 g/mol. The molecule has 0 aromatic carbocycles. The summed E-state index contributed by atoms with van der Waals surface area (Å²) < 4.78 is 34.2. The molecule has 252 valence electrons. The molecule has 12 nitrogen and oxygen atoms in total. The van der Waals surface area contributed by atoms with Gasteiger partial charge in [-0.15, -0.1) is 0 Å². The molecule has 0 saturated heterocycles. The third-order valence-electron chi connectivity index (χ3n) is 12.1. The van der Waals surface area contributed by atoms with Crippen LogP contribution >= 0.6 is 0 Å². The van der Waals surface area contributed by atoms with Gasteiger partial charge in [-0.2, -0.15) is 0 Å². The maximum atomic E-state index is 14.8. The van der Waals surface area contributed by atoms with Crippen LogP contribution in [0, 0.1) is 34.5 Å². The number of fused-ring (bicyclic) bond motifs is 5. The lowest BCUT2D eigenvalue weighted by atomic mass is 9.42. The van der Waals surface area contributed by atoms with Crippen LogP contribution in [0.2, 0.25) is 0 Å². The first-order valence-corrected chi connectivity index (χ1v) is 16.2. The maximum absolute atomic E-state index is 14.8. The van der Waals surface area contributed by atoms with Crippen LogP contribution in [0.25, 0.3) is 0 Å². The number of ketones is 2. The fraction of sp³-hybridized carbons (Fsp3) is 0.735. The summed E-state index contributed by atoms with van der Waals surface area (Å²) in [6, 6.07) is 0. The van der Waals surface area contributed by atoms with Crippen molar-refractivity contribution >= 4 is 29.5 Å². The predicted molar refractivity (Wildman–Crippen MR) is 157 cm³/mol. The molecule has 12 atom stereocenters. The summed E-state index contributed by atoms with van der Waals surface area (Å²) in [5.41, 5.74) is -2.64. The van der Waals surface area contributed by atoms with Crippen molar-refractivity contribution < 1.29 is 57.5 Å². The molecule has 4 saturated carbocycles. The van der Waals surface area contributed by atoms with Gasteiger partial charge in [-0.1, -0.05) is 13.8 Å². The molecule has 0 radical (unpaired) electrons. The van der Waals surface area contributed by atoms with Crippen LogP contribution in [0.5, 0.6) is 0 Å². The Morgan fingerprint density at radius 2 is 1.74 bits per heavy atom. The fourth-order valence-corrected chi connectivity index (χ4v) is 10.1.